The first-order chi connectivity index (χ1) is 18.7. The highest BCUT2D eigenvalue weighted by Crippen LogP contribution is 2.26. The molecule has 0 aromatic heterocycles. The van der Waals surface area contributed by atoms with Crippen molar-refractivity contribution in [3.63, 3.8) is 0 Å². The molecular weight excluding hydrogens is 470 g/mol. The summed E-state index contributed by atoms with van der Waals surface area (Å²) in [6.07, 6.45) is 11.1. The van der Waals surface area contributed by atoms with Crippen molar-refractivity contribution in [3.05, 3.63) is 28.8 Å². The molecule has 38 heavy (non-hydrogen) atoms. The third kappa shape index (κ3) is 7.45. The normalized spacial score (nSPS) is 23.4. The van der Waals surface area contributed by atoms with Gasteiger partial charge in [0.05, 0.1) is 18.9 Å². The van der Waals surface area contributed by atoms with E-state index in [0.717, 1.165) is 94.1 Å². The lowest BCUT2D eigenvalue weighted by atomic mass is 9.98. The van der Waals surface area contributed by atoms with Gasteiger partial charge in [-0.1, -0.05) is 18.8 Å². The molecule has 1 unspecified atom stereocenters. The van der Waals surface area contributed by atoms with Crippen LogP contribution in [-0.4, -0.2) is 98.5 Å². The zero-order valence-corrected chi connectivity index (χ0v) is 23.5. The fourth-order valence-corrected chi connectivity index (χ4v) is 6.08. The number of hydrogen-bond donors (Lipinski definition) is 2. The van der Waals surface area contributed by atoms with Crippen LogP contribution in [-0.2, 0) is 6.42 Å². The number of benzene rings is 1. The number of likely N-dealkylation sites (tertiary alicyclic amines) is 3. The molecule has 206 valence electrons. The summed E-state index contributed by atoms with van der Waals surface area (Å²) in [6.45, 7) is 16.4. The number of rotatable bonds is 10. The second-order valence-electron chi connectivity index (χ2n) is 11.3. The highest BCUT2D eigenvalue weighted by atomic mass is 15.4. The van der Waals surface area contributed by atoms with Crippen LogP contribution < -0.4 is 10.6 Å². The van der Waals surface area contributed by atoms with Crippen LogP contribution in [0.3, 0.4) is 0 Å². The van der Waals surface area contributed by atoms with E-state index in [1.54, 1.807) is 0 Å². The molecule has 4 heterocycles. The van der Waals surface area contributed by atoms with Gasteiger partial charge in [0.2, 0.25) is 0 Å². The van der Waals surface area contributed by atoms with Crippen molar-refractivity contribution >= 4 is 18.2 Å². The minimum absolute atomic E-state index is 0.303. The largest absolute Gasteiger partial charge is 0.372 e. The quantitative estimate of drug-likeness (QED) is 0.163. The first-order valence-electron chi connectivity index (χ1n) is 15.1. The van der Waals surface area contributed by atoms with Gasteiger partial charge in [0.1, 0.15) is 0 Å². The number of aliphatic imine (C=N–C) groups is 2. The number of unbranched alkanes of at least 4 members (excludes halogenated alkanes) is 1. The lowest BCUT2D eigenvalue weighted by Crippen LogP contribution is -2.38. The van der Waals surface area contributed by atoms with Gasteiger partial charge >= 0.3 is 0 Å². The number of piperidine rings is 1. The first kappa shape index (κ1) is 27.3. The minimum atomic E-state index is 0.303. The number of anilines is 1. The van der Waals surface area contributed by atoms with Crippen LogP contribution in [0.5, 0.6) is 0 Å². The van der Waals surface area contributed by atoms with Gasteiger partial charge in [-0.2, -0.15) is 0 Å². The summed E-state index contributed by atoms with van der Waals surface area (Å²) in [6, 6.07) is 4.83. The van der Waals surface area contributed by atoms with Crippen molar-refractivity contribution < 1.29 is 0 Å². The van der Waals surface area contributed by atoms with Crippen LogP contribution in [0, 0.1) is 11.8 Å². The second kappa shape index (κ2) is 13.7. The third-order valence-electron chi connectivity index (χ3n) is 8.54. The Balaban J connectivity index is 1.32. The molecule has 4 aliphatic heterocycles. The van der Waals surface area contributed by atoms with Crippen LogP contribution in [0.2, 0.25) is 0 Å². The summed E-state index contributed by atoms with van der Waals surface area (Å²) in [5, 5.41) is 7.16. The maximum absolute atomic E-state index is 5.15. The van der Waals surface area contributed by atoms with Crippen molar-refractivity contribution in [3.8, 4) is 11.8 Å². The van der Waals surface area contributed by atoms with E-state index in [0.29, 0.717) is 12.2 Å². The summed E-state index contributed by atoms with van der Waals surface area (Å²) in [5.74, 6) is 7.78. The lowest BCUT2D eigenvalue weighted by molar-refractivity contribution is 0.203. The van der Waals surface area contributed by atoms with Gasteiger partial charge in [0, 0.05) is 42.9 Å². The maximum atomic E-state index is 5.15. The first-order valence-corrected chi connectivity index (χ1v) is 15.1. The molecule has 4 aliphatic rings. The predicted molar refractivity (Wildman–Crippen MR) is 159 cm³/mol. The maximum Gasteiger partial charge on any atom is 0.156 e. The number of nitrogens with one attached hydrogen (secondary N) is 2. The van der Waals surface area contributed by atoms with Crippen LogP contribution in [0.4, 0.5) is 5.69 Å². The monoisotopic (exact) mass is 517 g/mol. The minimum Gasteiger partial charge on any atom is -0.372 e. The molecule has 4 fully saturated rings. The smallest absolute Gasteiger partial charge is 0.156 e. The van der Waals surface area contributed by atoms with Gasteiger partial charge < -0.3 is 10.2 Å². The van der Waals surface area contributed by atoms with E-state index in [2.05, 4.69) is 67.9 Å². The van der Waals surface area contributed by atoms with Gasteiger partial charge in [-0.05, 0) is 109 Å². The van der Waals surface area contributed by atoms with E-state index in [4.69, 9.17) is 4.99 Å². The molecule has 7 heteroatoms. The van der Waals surface area contributed by atoms with Gasteiger partial charge in [-0.15, -0.1) is 0 Å². The molecule has 0 amide bonds. The molecule has 0 aliphatic carbocycles. The van der Waals surface area contributed by atoms with E-state index in [1.807, 2.05) is 0 Å². The molecular formula is C31H47N7. The summed E-state index contributed by atoms with van der Waals surface area (Å²) >= 11 is 0. The SMILES string of the molecule is C=NC(=NC1CCN(C2CN2)CC1)c1cc(CC)c(C#CCCCN2CCCC2)cc1NCN1CCCC1. The molecule has 0 spiro atoms. The average Bonchev–Trinajstić information content (AvgIpc) is 3.41. The molecule has 1 aromatic carbocycles. The lowest BCUT2D eigenvalue weighted by Gasteiger charge is -2.29. The molecule has 2 N–H and O–H groups in total. The zero-order valence-electron chi connectivity index (χ0n) is 23.5. The van der Waals surface area contributed by atoms with Crippen molar-refractivity contribution in [1.82, 2.24) is 20.0 Å². The highest BCUT2D eigenvalue weighted by Gasteiger charge is 2.31. The molecule has 1 aromatic rings. The van der Waals surface area contributed by atoms with E-state index >= 15 is 0 Å². The third-order valence-corrected chi connectivity index (χ3v) is 8.54. The van der Waals surface area contributed by atoms with E-state index < -0.39 is 0 Å². The van der Waals surface area contributed by atoms with Crippen LogP contribution >= 0.6 is 0 Å². The summed E-state index contributed by atoms with van der Waals surface area (Å²) in [4.78, 5) is 17.2. The summed E-state index contributed by atoms with van der Waals surface area (Å²) in [7, 11) is 0. The van der Waals surface area contributed by atoms with Gasteiger partial charge in [0.15, 0.2) is 5.84 Å². The molecule has 0 saturated carbocycles. The van der Waals surface area contributed by atoms with Gasteiger partial charge in [0.25, 0.3) is 0 Å². The Labute approximate surface area is 230 Å². The summed E-state index contributed by atoms with van der Waals surface area (Å²) in [5.41, 5.74) is 4.56. The number of nitrogens with zero attached hydrogens (tertiary/aromatic N) is 5. The number of amidine groups is 1. The Kier molecular flexibility index (Phi) is 9.86. The Hall–Kier alpha value is -2.24. The van der Waals surface area contributed by atoms with Crippen molar-refractivity contribution in [2.45, 2.75) is 76.9 Å². The van der Waals surface area contributed by atoms with E-state index in [1.165, 1.54) is 50.9 Å². The van der Waals surface area contributed by atoms with Crippen LogP contribution in [0.1, 0.15) is 75.0 Å². The van der Waals surface area contributed by atoms with E-state index in [-0.39, 0.29) is 0 Å². The number of aryl methyl sites for hydroxylation is 1. The van der Waals surface area contributed by atoms with Crippen LogP contribution in [0.25, 0.3) is 0 Å². The Morgan fingerprint density at radius 3 is 2.42 bits per heavy atom. The average molecular weight is 518 g/mol. The number of hydrogen-bond acceptors (Lipinski definition) is 6. The van der Waals surface area contributed by atoms with Crippen molar-refractivity contribution in [1.29, 1.82) is 0 Å². The molecule has 0 bridgehead atoms. The van der Waals surface area contributed by atoms with Crippen molar-refractivity contribution in [2.75, 3.05) is 64.3 Å². The molecule has 1 atom stereocenters. The van der Waals surface area contributed by atoms with Gasteiger partial charge in [-0.3, -0.25) is 20.1 Å². The predicted octanol–water partition coefficient (Wildman–Crippen LogP) is 3.78. The molecule has 4 saturated heterocycles. The van der Waals surface area contributed by atoms with E-state index in [9.17, 15) is 0 Å². The fourth-order valence-electron chi connectivity index (χ4n) is 6.08. The van der Waals surface area contributed by atoms with Crippen LogP contribution in [0.15, 0.2) is 22.1 Å². The molecule has 5 rings (SSSR count). The zero-order chi connectivity index (χ0) is 26.2. The Morgan fingerprint density at radius 2 is 1.76 bits per heavy atom. The Bertz CT molecular complexity index is 1010. The second-order valence-corrected chi connectivity index (χ2v) is 11.3. The summed E-state index contributed by atoms with van der Waals surface area (Å²) < 4.78 is 0. The standard InChI is InChI=1S/C31H47N7/c1-3-25-21-28(31(32-2)35-27-12-19-38(20-13-27)30-23-33-30)29(34-24-37-17-9-10-18-37)22-26(25)11-5-4-6-14-36-15-7-8-16-36/h21-22,27,30,33-34H,2-4,6-10,12-20,23-24H2,1H3. The molecule has 7 nitrogen and oxygen atoms in total. The fraction of sp³-hybridized carbons (Fsp3) is 0.677. The van der Waals surface area contributed by atoms with Gasteiger partial charge in [-0.25, -0.2) is 4.99 Å². The van der Waals surface area contributed by atoms with Crippen molar-refractivity contribution in [2.24, 2.45) is 9.98 Å². The molecule has 0 radical (unpaired) electrons. The highest BCUT2D eigenvalue weighted by molar-refractivity contribution is 6.06. The Morgan fingerprint density at radius 1 is 1.05 bits per heavy atom. The topological polar surface area (TPSA) is 68.4 Å².